The van der Waals surface area contributed by atoms with E-state index in [4.69, 9.17) is 14.2 Å². The second-order valence-electron chi connectivity index (χ2n) is 6.26. The van der Waals surface area contributed by atoms with Gasteiger partial charge in [0.05, 0.1) is 33.4 Å². The van der Waals surface area contributed by atoms with Crippen LogP contribution in [-0.2, 0) is 6.54 Å². The minimum Gasteiger partial charge on any atom is -0.493 e. The molecule has 154 valence electrons. The van der Waals surface area contributed by atoms with E-state index in [1.54, 1.807) is 33.9 Å². The van der Waals surface area contributed by atoms with E-state index in [-0.39, 0.29) is 5.91 Å². The highest BCUT2D eigenvalue weighted by atomic mass is 32.1. The second-order valence-corrected chi connectivity index (χ2v) is 7.26. The number of ether oxygens (including phenoxy) is 3. The number of amides is 1. The molecule has 29 heavy (non-hydrogen) atoms. The van der Waals surface area contributed by atoms with E-state index in [1.165, 1.54) is 11.3 Å². The molecular formula is C20H24N4O4S. The van der Waals surface area contributed by atoms with Crippen LogP contribution in [0.3, 0.4) is 0 Å². The molecule has 0 aliphatic heterocycles. The Morgan fingerprint density at radius 1 is 1.17 bits per heavy atom. The molecule has 0 bridgehead atoms. The SMILES string of the molecule is COc1cc(-c2nc(C)c(C(=O)NCCCn3ccnc3)s2)cc(OC)c1OC. The predicted molar refractivity (Wildman–Crippen MR) is 111 cm³/mol. The maximum absolute atomic E-state index is 12.6. The Morgan fingerprint density at radius 2 is 1.90 bits per heavy atom. The molecule has 1 amide bonds. The number of nitrogens with zero attached hydrogens (tertiary/aromatic N) is 3. The van der Waals surface area contributed by atoms with Gasteiger partial charge in [-0.25, -0.2) is 9.97 Å². The number of carbonyl (C=O) groups excluding carboxylic acids is 1. The summed E-state index contributed by atoms with van der Waals surface area (Å²) in [5.41, 5.74) is 1.48. The molecule has 0 fully saturated rings. The van der Waals surface area contributed by atoms with Crippen LogP contribution >= 0.6 is 11.3 Å². The fourth-order valence-corrected chi connectivity index (χ4v) is 3.87. The summed E-state index contributed by atoms with van der Waals surface area (Å²) in [6, 6.07) is 3.65. The lowest BCUT2D eigenvalue weighted by Gasteiger charge is -2.13. The molecule has 3 rings (SSSR count). The van der Waals surface area contributed by atoms with E-state index < -0.39 is 0 Å². The summed E-state index contributed by atoms with van der Waals surface area (Å²) in [7, 11) is 4.69. The molecule has 1 aromatic carbocycles. The van der Waals surface area contributed by atoms with Crippen LogP contribution < -0.4 is 19.5 Å². The van der Waals surface area contributed by atoms with E-state index in [9.17, 15) is 4.79 Å². The molecule has 1 N–H and O–H groups in total. The van der Waals surface area contributed by atoms with Crippen LogP contribution in [0.2, 0.25) is 0 Å². The average Bonchev–Trinajstić information content (AvgIpc) is 3.39. The van der Waals surface area contributed by atoms with Crippen LogP contribution in [0.15, 0.2) is 30.9 Å². The number of methoxy groups -OCH3 is 3. The number of rotatable bonds is 9. The topological polar surface area (TPSA) is 87.5 Å². The van der Waals surface area contributed by atoms with Gasteiger partial charge in [0.1, 0.15) is 9.88 Å². The Kier molecular flexibility index (Phi) is 6.71. The van der Waals surface area contributed by atoms with Gasteiger partial charge >= 0.3 is 0 Å². The highest BCUT2D eigenvalue weighted by Crippen LogP contribution is 2.42. The van der Waals surface area contributed by atoms with Gasteiger partial charge in [-0.2, -0.15) is 0 Å². The van der Waals surface area contributed by atoms with Gasteiger partial charge in [-0.05, 0) is 25.5 Å². The Labute approximate surface area is 173 Å². The zero-order chi connectivity index (χ0) is 20.8. The van der Waals surface area contributed by atoms with E-state index in [1.807, 2.05) is 29.8 Å². The van der Waals surface area contributed by atoms with Gasteiger partial charge in [0, 0.05) is 31.0 Å². The van der Waals surface area contributed by atoms with Crippen LogP contribution in [0.5, 0.6) is 17.2 Å². The summed E-state index contributed by atoms with van der Waals surface area (Å²) < 4.78 is 18.2. The molecule has 0 spiro atoms. The van der Waals surface area contributed by atoms with E-state index >= 15 is 0 Å². The number of benzene rings is 1. The van der Waals surface area contributed by atoms with Crippen molar-refractivity contribution in [2.75, 3.05) is 27.9 Å². The van der Waals surface area contributed by atoms with Gasteiger partial charge < -0.3 is 24.1 Å². The van der Waals surface area contributed by atoms with E-state index in [0.29, 0.717) is 39.4 Å². The van der Waals surface area contributed by atoms with Crippen molar-refractivity contribution in [3.05, 3.63) is 41.4 Å². The highest BCUT2D eigenvalue weighted by molar-refractivity contribution is 7.17. The Hall–Kier alpha value is -3.07. The van der Waals surface area contributed by atoms with Gasteiger partial charge in [-0.15, -0.1) is 11.3 Å². The van der Waals surface area contributed by atoms with E-state index in [2.05, 4.69) is 15.3 Å². The molecule has 0 unspecified atom stereocenters. The summed E-state index contributed by atoms with van der Waals surface area (Å²) in [6.07, 6.45) is 6.22. The number of nitrogens with one attached hydrogen (secondary N) is 1. The standard InChI is InChI=1S/C20H24N4O4S/c1-13-18(19(25)22-6-5-8-24-9-7-21-12-24)29-20(23-13)14-10-15(26-2)17(28-4)16(11-14)27-3/h7,9-12H,5-6,8H2,1-4H3,(H,22,25). The quantitative estimate of drug-likeness (QED) is 0.539. The van der Waals surface area contributed by atoms with Gasteiger partial charge in [0.25, 0.3) is 5.91 Å². The number of hydrogen-bond acceptors (Lipinski definition) is 7. The highest BCUT2D eigenvalue weighted by Gasteiger charge is 2.19. The van der Waals surface area contributed by atoms with Crippen molar-refractivity contribution in [2.24, 2.45) is 0 Å². The molecule has 2 aromatic heterocycles. The first-order chi connectivity index (χ1) is 14.1. The number of hydrogen-bond donors (Lipinski definition) is 1. The third kappa shape index (κ3) is 4.68. The molecule has 0 atom stereocenters. The largest absolute Gasteiger partial charge is 0.493 e. The van der Waals surface area contributed by atoms with Crippen molar-refractivity contribution in [1.82, 2.24) is 19.9 Å². The van der Waals surface area contributed by atoms with E-state index in [0.717, 1.165) is 18.5 Å². The van der Waals surface area contributed by atoms with Crippen molar-refractivity contribution >= 4 is 17.2 Å². The van der Waals surface area contributed by atoms with Crippen LogP contribution in [-0.4, -0.2) is 48.3 Å². The summed E-state index contributed by atoms with van der Waals surface area (Å²) in [4.78, 5) is 21.8. The number of aryl methyl sites for hydroxylation is 2. The Bertz CT molecular complexity index is 944. The lowest BCUT2D eigenvalue weighted by atomic mass is 10.2. The van der Waals surface area contributed by atoms with Gasteiger partial charge in [-0.1, -0.05) is 0 Å². The minimum atomic E-state index is -0.121. The lowest BCUT2D eigenvalue weighted by molar-refractivity contribution is 0.0956. The van der Waals surface area contributed by atoms with Crippen LogP contribution in [0, 0.1) is 6.92 Å². The molecule has 3 aromatic rings. The first-order valence-corrected chi connectivity index (χ1v) is 9.90. The van der Waals surface area contributed by atoms with Gasteiger partial charge in [0.15, 0.2) is 11.5 Å². The number of carbonyl (C=O) groups is 1. The maximum atomic E-state index is 12.6. The van der Waals surface area contributed by atoms with Crippen molar-refractivity contribution in [1.29, 1.82) is 0 Å². The molecule has 0 saturated carbocycles. The van der Waals surface area contributed by atoms with Crippen molar-refractivity contribution in [3.8, 4) is 27.8 Å². The molecule has 2 heterocycles. The smallest absolute Gasteiger partial charge is 0.263 e. The van der Waals surface area contributed by atoms with Crippen molar-refractivity contribution < 1.29 is 19.0 Å². The maximum Gasteiger partial charge on any atom is 0.263 e. The summed E-state index contributed by atoms with van der Waals surface area (Å²) in [6.45, 7) is 3.21. The number of imidazole rings is 1. The van der Waals surface area contributed by atoms with Gasteiger partial charge in [0.2, 0.25) is 5.75 Å². The number of thiazole rings is 1. The molecule has 0 radical (unpaired) electrons. The fraction of sp³-hybridized carbons (Fsp3) is 0.350. The predicted octanol–water partition coefficient (Wildman–Crippen LogP) is 3.16. The first kappa shape index (κ1) is 20.7. The Morgan fingerprint density at radius 3 is 2.48 bits per heavy atom. The zero-order valence-corrected chi connectivity index (χ0v) is 17.7. The monoisotopic (exact) mass is 416 g/mol. The molecule has 9 heteroatoms. The lowest BCUT2D eigenvalue weighted by Crippen LogP contribution is -2.25. The van der Waals surface area contributed by atoms with Gasteiger partial charge in [-0.3, -0.25) is 4.79 Å². The minimum absolute atomic E-state index is 0.121. The van der Waals surface area contributed by atoms with Crippen molar-refractivity contribution in [3.63, 3.8) is 0 Å². The summed E-state index contributed by atoms with van der Waals surface area (Å²) in [5, 5.41) is 3.67. The van der Waals surface area contributed by atoms with Crippen LogP contribution in [0.1, 0.15) is 21.8 Å². The molecular weight excluding hydrogens is 392 g/mol. The average molecular weight is 417 g/mol. The fourth-order valence-electron chi connectivity index (χ4n) is 2.90. The van der Waals surface area contributed by atoms with Crippen LogP contribution in [0.4, 0.5) is 0 Å². The normalized spacial score (nSPS) is 10.6. The molecule has 0 aliphatic rings. The summed E-state index contributed by atoms with van der Waals surface area (Å²) >= 11 is 1.34. The summed E-state index contributed by atoms with van der Waals surface area (Å²) in [5.74, 6) is 1.48. The van der Waals surface area contributed by atoms with Crippen molar-refractivity contribution in [2.45, 2.75) is 19.9 Å². The second kappa shape index (κ2) is 9.42. The molecule has 8 nitrogen and oxygen atoms in total. The molecule has 0 saturated heterocycles. The third-order valence-electron chi connectivity index (χ3n) is 4.35. The molecule has 0 aliphatic carbocycles. The zero-order valence-electron chi connectivity index (χ0n) is 16.9. The Balaban J connectivity index is 1.73. The van der Waals surface area contributed by atoms with Crippen LogP contribution in [0.25, 0.3) is 10.6 Å². The number of aromatic nitrogens is 3. The first-order valence-electron chi connectivity index (χ1n) is 9.09. The third-order valence-corrected chi connectivity index (χ3v) is 5.56.